The largest absolute Gasteiger partial charge is 0.480 e. The molecule has 0 unspecified atom stereocenters. The highest BCUT2D eigenvalue weighted by molar-refractivity contribution is 7.98. The van der Waals surface area contributed by atoms with Crippen LogP contribution in [0.4, 0.5) is 0 Å². The lowest BCUT2D eigenvalue weighted by molar-refractivity contribution is -0.137. The van der Waals surface area contributed by atoms with Crippen LogP contribution in [-0.2, 0) is 10.5 Å². The number of nitrogens with two attached hydrogens (primary N) is 1. The SMILES string of the molecule is N[C@@H](CSCc1ccc(-n2ccnc2)cc1)C(=O)O. The predicted molar refractivity (Wildman–Crippen MR) is 75.3 cm³/mol. The molecule has 0 aliphatic heterocycles. The number of aromatic nitrogens is 2. The average molecular weight is 277 g/mol. The highest BCUT2D eigenvalue weighted by atomic mass is 32.2. The van der Waals surface area contributed by atoms with E-state index in [2.05, 4.69) is 4.98 Å². The molecular weight excluding hydrogens is 262 g/mol. The second-order valence-corrected chi connectivity index (χ2v) is 5.13. The predicted octanol–water partition coefficient (Wildman–Crippen LogP) is 1.52. The minimum atomic E-state index is -0.956. The van der Waals surface area contributed by atoms with Crippen molar-refractivity contribution in [1.82, 2.24) is 9.55 Å². The summed E-state index contributed by atoms with van der Waals surface area (Å²) in [6, 6.07) is 7.27. The van der Waals surface area contributed by atoms with Crippen molar-refractivity contribution in [3.8, 4) is 5.69 Å². The fourth-order valence-electron chi connectivity index (χ4n) is 1.55. The quantitative estimate of drug-likeness (QED) is 0.836. The average Bonchev–Trinajstić information content (AvgIpc) is 2.93. The number of carboxylic acids is 1. The zero-order valence-corrected chi connectivity index (χ0v) is 11.1. The first-order chi connectivity index (χ1) is 9.16. The maximum Gasteiger partial charge on any atom is 0.321 e. The molecule has 1 aromatic heterocycles. The van der Waals surface area contributed by atoms with E-state index in [9.17, 15) is 4.79 Å². The maximum absolute atomic E-state index is 10.6. The van der Waals surface area contributed by atoms with Gasteiger partial charge in [-0.3, -0.25) is 4.79 Å². The Bertz CT molecular complexity index is 525. The third-order valence-corrected chi connectivity index (χ3v) is 3.75. The van der Waals surface area contributed by atoms with Crippen LogP contribution in [0.2, 0.25) is 0 Å². The zero-order chi connectivity index (χ0) is 13.7. The Morgan fingerprint density at radius 2 is 2.16 bits per heavy atom. The summed E-state index contributed by atoms with van der Waals surface area (Å²) >= 11 is 1.52. The number of rotatable bonds is 6. The van der Waals surface area contributed by atoms with Gasteiger partial charge in [-0.2, -0.15) is 11.8 Å². The summed E-state index contributed by atoms with van der Waals surface area (Å²) in [7, 11) is 0. The molecule has 6 heteroatoms. The second-order valence-electron chi connectivity index (χ2n) is 4.10. The molecule has 0 spiro atoms. The molecule has 0 aliphatic rings. The molecule has 1 aromatic carbocycles. The molecule has 100 valence electrons. The van der Waals surface area contributed by atoms with Crippen molar-refractivity contribution >= 4 is 17.7 Å². The third kappa shape index (κ3) is 3.84. The summed E-state index contributed by atoms with van der Waals surface area (Å²) in [5.74, 6) is 0.215. The van der Waals surface area contributed by atoms with E-state index in [1.807, 2.05) is 35.0 Å². The van der Waals surface area contributed by atoms with Crippen molar-refractivity contribution in [2.75, 3.05) is 5.75 Å². The van der Waals surface area contributed by atoms with Crippen LogP contribution in [0.15, 0.2) is 43.0 Å². The number of hydrogen-bond acceptors (Lipinski definition) is 4. The third-order valence-electron chi connectivity index (χ3n) is 2.62. The van der Waals surface area contributed by atoms with Crippen molar-refractivity contribution in [3.63, 3.8) is 0 Å². The van der Waals surface area contributed by atoms with Crippen LogP contribution < -0.4 is 5.73 Å². The van der Waals surface area contributed by atoms with Crippen molar-refractivity contribution in [2.45, 2.75) is 11.8 Å². The summed E-state index contributed by atoms with van der Waals surface area (Å²) in [5.41, 5.74) is 7.63. The molecule has 0 aliphatic carbocycles. The van der Waals surface area contributed by atoms with Gasteiger partial charge in [0, 0.05) is 29.6 Å². The Kier molecular flexibility index (Phi) is 4.59. The first-order valence-corrected chi connectivity index (χ1v) is 6.95. The van der Waals surface area contributed by atoms with Gasteiger partial charge in [-0.05, 0) is 17.7 Å². The van der Waals surface area contributed by atoms with Crippen LogP contribution in [0.1, 0.15) is 5.56 Å². The Balaban J connectivity index is 1.87. The number of thioether (sulfide) groups is 1. The lowest BCUT2D eigenvalue weighted by Gasteiger charge is -2.07. The molecule has 1 atom stereocenters. The van der Waals surface area contributed by atoms with Crippen LogP contribution in [0.5, 0.6) is 0 Å². The number of aliphatic carboxylic acids is 1. The monoisotopic (exact) mass is 277 g/mol. The van der Waals surface area contributed by atoms with E-state index < -0.39 is 12.0 Å². The first-order valence-electron chi connectivity index (χ1n) is 5.80. The zero-order valence-electron chi connectivity index (χ0n) is 10.3. The number of imidazole rings is 1. The summed E-state index contributed by atoms with van der Waals surface area (Å²) < 4.78 is 1.93. The van der Waals surface area contributed by atoms with E-state index in [1.54, 1.807) is 12.5 Å². The number of hydrogen-bond donors (Lipinski definition) is 2. The number of benzene rings is 1. The van der Waals surface area contributed by atoms with Gasteiger partial charge in [-0.1, -0.05) is 12.1 Å². The molecule has 0 saturated carbocycles. The van der Waals surface area contributed by atoms with Gasteiger partial charge in [-0.25, -0.2) is 4.98 Å². The molecule has 0 saturated heterocycles. The van der Waals surface area contributed by atoms with E-state index >= 15 is 0 Å². The lowest BCUT2D eigenvalue weighted by atomic mass is 10.2. The molecule has 0 bridgehead atoms. The van der Waals surface area contributed by atoms with Gasteiger partial charge in [0.15, 0.2) is 0 Å². The molecule has 2 rings (SSSR count). The standard InChI is InChI=1S/C13H15N3O2S/c14-12(13(17)18)8-19-7-10-1-3-11(4-2-10)16-6-5-15-9-16/h1-6,9,12H,7-8,14H2,(H,17,18)/t12-/m0/s1. The van der Waals surface area contributed by atoms with Crippen LogP contribution in [0.25, 0.3) is 5.69 Å². The smallest absolute Gasteiger partial charge is 0.321 e. The van der Waals surface area contributed by atoms with Crippen molar-refractivity contribution in [2.24, 2.45) is 5.73 Å². The molecule has 5 nitrogen and oxygen atoms in total. The fourth-order valence-corrected chi connectivity index (χ4v) is 2.49. The number of carboxylic acid groups (broad SMARTS) is 1. The molecule has 0 amide bonds. The van der Waals surface area contributed by atoms with Gasteiger partial charge < -0.3 is 15.4 Å². The Hall–Kier alpha value is -1.79. The van der Waals surface area contributed by atoms with Crippen molar-refractivity contribution in [3.05, 3.63) is 48.5 Å². The Morgan fingerprint density at radius 1 is 1.42 bits per heavy atom. The summed E-state index contributed by atoms with van der Waals surface area (Å²) in [4.78, 5) is 14.6. The van der Waals surface area contributed by atoms with Gasteiger partial charge >= 0.3 is 5.97 Å². The summed E-state index contributed by atoms with van der Waals surface area (Å²) in [5, 5.41) is 8.67. The van der Waals surface area contributed by atoms with Gasteiger partial charge in [0.2, 0.25) is 0 Å². The van der Waals surface area contributed by atoms with Crippen LogP contribution in [0, 0.1) is 0 Å². The van der Waals surface area contributed by atoms with E-state index in [0.717, 1.165) is 17.0 Å². The molecule has 19 heavy (non-hydrogen) atoms. The molecule has 1 heterocycles. The minimum absolute atomic E-state index is 0.415. The van der Waals surface area contributed by atoms with E-state index in [-0.39, 0.29) is 0 Å². The normalized spacial score (nSPS) is 12.3. The fraction of sp³-hybridized carbons (Fsp3) is 0.231. The Morgan fingerprint density at radius 3 is 2.74 bits per heavy atom. The summed E-state index contributed by atoms with van der Waals surface area (Å²) in [6.07, 6.45) is 5.36. The first kappa shape index (κ1) is 13.6. The molecule has 0 fully saturated rings. The molecule has 2 aromatic rings. The van der Waals surface area contributed by atoms with Crippen molar-refractivity contribution < 1.29 is 9.90 Å². The molecular formula is C13H15N3O2S. The highest BCUT2D eigenvalue weighted by Crippen LogP contribution is 2.15. The molecule has 0 radical (unpaired) electrons. The van der Waals surface area contributed by atoms with Gasteiger partial charge in [-0.15, -0.1) is 0 Å². The van der Waals surface area contributed by atoms with E-state index in [4.69, 9.17) is 10.8 Å². The van der Waals surface area contributed by atoms with Crippen LogP contribution in [-0.4, -0.2) is 32.4 Å². The van der Waals surface area contributed by atoms with E-state index in [1.165, 1.54) is 11.8 Å². The number of carbonyl (C=O) groups is 1. The lowest BCUT2D eigenvalue weighted by Crippen LogP contribution is -2.32. The van der Waals surface area contributed by atoms with Gasteiger partial charge in [0.1, 0.15) is 6.04 Å². The van der Waals surface area contributed by atoms with Crippen molar-refractivity contribution in [1.29, 1.82) is 0 Å². The topological polar surface area (TPSA) is 81.1 Å². The Labute approximate surface area is 115 Å². The summed E-state index contributed by atoms with van der Waals surface area (Å²) in [6.45, 7) is 0. The number of nitrogens with zero attached hydrogens (tertiary/aromatic N) is 2. The van der Waals surface area contributed by atoms with Crippen LogP contribution in [0.3, 0.4) is 0 Å². The van der Waals surface area contributed by atoms with E-state index in [0.29, 0.717) is 5.75 Å². The highest BCUT2D eigenvalue weighted by Gasteiger charge is 2.10. The molecule has 3 N–H and O–H groups in total. The van der Waals surface area contributed by atoms with Crippen LogP contribution >= 0.6 is 11.8 Å². The minimum Gasteiger partial charge on any atom is -0.480 e. The van der Waals surface area contributed by atoms with Gasteiger partial charge in [0.25, 0.3) is 0 Å². The maximum atomic E-state index is 10.6. The van der Waals surface area contributed by atoms with Gasteiger partial charge in [0.05, 0.1) is 6.33 Å². The second kappa shape index (κ2) is 6.40.